The smallest absolute Gasteiger partial charge is 0.328 e. The summed E-state index contributed by atoms with van der Waals surface area (Å²) < 4.78 is 0. The van der Waals surface area contributed by atoms with Crippen molar-refractivity contribution in [1.29, 1.82) is 0 Å². The van der Waals surface area contributed by atoms with Gasteiger partial charge in [0.2, 0.25) is 0 Å². The Morgan fingerprint density at radius 2 is 1.20 bits per heavy atom. The van der Waals surface area contributed by atoms with Crippen molar-refractivity contribution in [2.24, 2.45) is 0 Å². The van der Waals surface area contributed by atoms with E-state index in [9.17, 15) is 9.59 Å². The minimum absolute atomic E-state index is 0. The number of rotatable bonds is 2. The van der Waals surface area contributed by atoms with Crippen LogP contribution < -0.4 is 0 Å². The van der Waals surface area contributed by atoms with Crippen molar-refractivity contribution >= 4 is 115 Å². The van der Waals surface area contributed by atoms with Crippen LogP contribution in [0.2, 0.25) is 0 Å². The quantitative estimate of drug-likeness (QED) is 0.461. The van der Waals surface area contributed by atoms with Gasteiger partial charge >= 0.3 is 11.9 Å². The van der Waals surface area contributed by atoms with Gasteiger partial charge in [-0.25, -0.2) is 9.59 Å². The average Bonchev–Trinajstić information content (AvgIpc) is 1.61. The van der Waals surface area contributed by atoms with E-state index < -0.39 is 11.9 Å². The van der Waals surface area contributed by atoms with Crippen molar-refractivity contribution in [3.05, 3.63) is 12.2 Å². The van der Waals surface area contributed by atoms with Crippen molar-refractivity contribution < 1.29 is 22.7 Å². The maximum atomic E-state index is 9.55. The first-order valence-electron chi connectivity index (χ1n) is 1.77. The van der Waals surface area contributed by atoms with Crippen LogP contribution in [-0.4, -0.2) is 125 Å². The Balaban J connectivity index is -0.0000000408. The Kier molecular flexibility index (Phi) is 19.6. The zero-order chi connectivity index (χ0) is 6.57. The van der Waals surface area contributed by atoms with Crippen LogP contribution in [-0.2, 0) is 9.59 Å². The average molecular weight is 198 g/mol. The van der Waals surface area contributed by atoms with Crippen LogP contribution in [0.15, 0.2) is 12.2 Å². The molecule has 0 spiro atoms. The molecule has 0 heterocycles. The van der Waals surface area contributed by atoms with Crippen molar-refractivity contribution in [2.75, 3.05) is 0 Å². The van der Waals surface area contributed by atoms with E-state index in [4.69, 9.17) is 10.2 Å². The molecule has 0 saturated carbocycles. The maximum Gasteiger partial charge on any atom is 0.328 e. The first kappa shape index (κ1) is 17.9. The van der Waals surface area contributed by atoms with Gasteiger partial charge in [-0.3, -0.25) is 0 Å². The zero-order valence-corrected chi connectivity index (χ0v) is 12.1. The molecule has 2 radical (unpaired) electrons. The van der Waals surface area contributed by atoms with Gasteiger partial charge in [-0.05, 0) is 0 Å². The Morgan fingerprint density at radius 1 is 1.00 bits per heavy atom. The summed E-state index contributed by atoms with van der Waals surface area (Å²) in [5.74, 6) is -2.51. The summed E-state index contributed by atoms with van der Waals surface area (Å²) in [6.07, 6.45) is 1.12. The molecule has 0 saturated heterocycles. The molecule has 0 fully saturated rings. The van der Waals surface area contributed by atoms with Gasteiger partial charge in [0.25, 0.3) is 0 Å². The second-order valence-electron chi connectivity index (χ2n) is 1.01. The fourth-order valence-corrected chi connectivity index (χ4v) is 0.143. The van der Waals surface area contributed by atoms with Gasteiger partial charge in [0.1, 0.15) is 0 Å². The summed E-state index contributed by atoms with van der Waals surface area (Å²) in [4.78, 5) is 19.1. The molecule has 0 amide bonds. The minimum Gasteiger partial charge on any atom is -0.478 e. The predicted octanol–water partition coefficient (Wildman–Crippen LogP) is -0.558. The molecule has 0 atom stereocenters. The van der Waals surface area contributed by atoms with E-state index in [0.29, 0.717) is 12.2 Å². The summed E-state index contributed by atoms with van der Waals surface area (Å²) >= 11 is 0. The number of hydrogen-bond acceptors (Lipinski definition) is 2. The van der Waals surface area contributed by atoms with E-state index in [-0.39, 0.29) is 106 Å². The number of carbonyl (C=O) groups is 2. The van der Waals surface area contributed by atoms with Gasteiger partial charge in [-0.2, -0.15) is 0 Å². The summed E-state index contributed by atoms with van der Waals surface area (Å²) in [6.45, 7) is 0. The molecule has 10 heavy (non-hydrogen) atoms. The molecule has 6 heteroatoms. The number of carboxylic acids is 2. The summed E-state index contributed by atoms with van der Waals surface area (Å²) in [5.41, 5.74) is 0. The van der Waals surface area contributed by atoms with Gasteiger partial charge in [0.15, 0.2) is 0 Å². The third-order valence-electron chi connectivity index (χ3n) is 0.368. The molecule has 0 aromatic heterocycles. The molecule has 50 valence electrons. The van der Waals surface area contributed by atoms with Crippen LogP contribution >= 0.6 is 0 Å². The molecule has 0 aliphatic rings. The van der Waals surface area contributed by atoms with Gasteiger partial charge < -0.3 is 10.2 Å². The fourth-order valence-electron chi connectivity index (χ4n) is 0.143. The van der Waals surface area contributed by atoms with E-state index in [1.165, 1.54) is 0 Å². The van der Waals surface area contributed by atoms with E-state index in [1.807, 2.05) is 0 Å². The Morgan fingerprint density at radius 3 is 1.30 bits per heavy atom. The van der Waals surface area contributed by atoms with Crippen LogP contribution in [0.5, 0.6) is 0 Å². The van der Waals surface area contributed by atoms with Crippen LogP contribution in [0.4, 0.5) is 0 Å². The summed E-state index contributed by atoms with van der Waals surface area (Å²) in [7, 11) is 0. The molecule has 0 aliphatic carbocycles. The molecule has 4 nitrogen and oxygen atoms in total. The van der Waals surface area contributed by atoms with E-state index >= 15 is 0 Å². The van der Waals surface area contributed by atoms with Crippen LogP contribution in [0.3, 0.4) is 0 Å². The molecule has 0 bridgehead atoms. The fraction of sp³-hybridized carbons (Fsp3) is 0. The normalized spacial score (nSPS) is 7.60. The Labute approximate surface area is 146 Å². The molecular weight excluding hydrogens is 190 g/mol. The van der Waals surface area contributed by atoms with Gasteiger partial charge in [0.05, 0.1) is 0 Å². The zero-order valence-electron chi connectivity index (χ0n) is 5.87. The third kappa shape index (κ3) is 16.5. The molecule has 0 rings (SSSR count). The number of carboxylic acid groups (broad SMARTS) is 2. The van der Waals surface area contributed by atoms with Crippen molar-refractivity contribution in [1.82, 2.24) is 0 Å². The Bertz CT molecular complexity index is 134. The minimum atomic E-state index is -1.26. The van der Waals surface area contributed by atoms with Crippen LogP contribution in [0, 0.1) is 0 Å². The number of hydrogen-bond donors (Lipinski definition) is 2. The first-order valence-corrected chi connectivity index (χ1v) is 1.77. The molecule has 0 unspecified atom stereocenters. The van der Waals surface area contributed by atoms with Crippen molar-refractivity contribution in [2.45, 2.75) is 0 Å². The second-order valence-corrected chi connectivity index (χ2v) is 1.01. The van der Waals surface area contributed by atoms with Crippen molar-refractivity contribution in [3.8, 4) is 0 Å². The summed E-state index contributed by atoms with van der Waals surface area (Å²) in [5, 5.41) is 15.6. The second kappa shape index (κ2) is 11.0. The first-order chi connectivity index (χ1) is 3.63. The van der Waals surface area contributed by atoms with Crippen LogP contribution in [0.1, 0.15) is 2.85 Å². The topological polar surface area (TPSA) is 74.6 Å². The molecule has 2 N–H and O–H groups in total. The molecular formula is C4H8K2O4. The van der Waals surface area contributed by atoms with E-state index in [2.05, 4.69) is 0 Å². The van der Waals surface area contributed by atoms with Crippen LogP contribution in [0.25, 0.3) is 0 Å². The van der Waals surface area contributed by atoms with Gasteiger partial charge in [0, 0.05) is 118 Å². The monoisotopic (exact) mass is 198 g/mol. The Hall–Kier alpha value is 1.95. The third-order valence-corrected chi connectivity index (χ3v) is 0.368. The molecule has 0 aromatic rings. The maximum absolute atomic E-state index is 9.55. The van der Waals surface area contributed by atoms with E-state index in [1.54, 1.807) is 0 Å². The standard InChI is InChI=1S/C4H4O4.2K.2H2/c5-3(6)1-2-4(7)8;;;;/h1-2H,(H,5,6)(H,7,8);;;2*1H/b2-1+;;;;. The van der Waals surface area contributed by atoms with Gasteiger partial charge in [-0.15, -0.1) is 0 Å². The molecule has 0 aromatic carbocycles. The SMILES string of the molecule is O=C(O)/C=C/C(=O)O.[HH].[HH].[K].[K]. The number of aliphatic carboxylic acids is 2. The van der Waals surface area contributed by atoms with E-state index in [0.717, 1.165) is 0 Å². The van der Waals surface area contributed by atoms with Crippen molar-refractivity contribution in [3.63, 3.8) is 0 Å². The summed E-state index contributed by atoms with van der Waals surface area (Å²) in [6, 6.07) is 0. The largest absolute Gasteiger partial charge is 0.478 e. The molecule has 0 aliphatic heterocycles. The predicted molar refractivity (Wildman–Crippen MR) is 40.1 cm³/mol. The van der Waals surface area contributed by atoms with Gasteiger partial charge in [-0.1, -0.05) is 0 Å².